The van der Waals surface area contributed by atoms with Gasteiger partial charge in [0.15, 0.2) is 11.5 Å². The van der Waals surface area contributed by atoms with Crippen LogP contribution in [0, 0.1) is 6.92 Å². The van der Waals surface area contributed by atoms with E-state index in [0.717, 1.165) is 27.8 Å². The molecule has 0 aromatic heterocycles. The quantitative estimate of drug-likeness (QED) is 0.288. The number of benzene rings is 3. The lowest BCUT2D eigenvalue weighted by atomic mass is 10.1. The van der Waals surface area contributed by atoms with E-state index in [2.05, 4.69) is 0 Å². The molecule has 1 aliphatic rings. The third-order valence-corrected chi connectivity index (χ3v) is 7.53. The SMILES string of the molecule is COc1cc(/C=C2\SC(=O)N(Cc3ccc(Cl)cc3)C2=O)ccc1OS(=O)(=O)c1ccc(C)cc1. The summed E-state index contributed by atoms with van der Waals surface area (Å²) in [5, 5.41) is 0.183. The minimum absolute atomic E-state index is 0.000989. The minimum atomic E-state index is -4.07. The number of thioether (sulfide) groups is 1. The molecule has 7 nitrogen and oxygen atoms in total. The Morgan fingerprint density at radius 1 is 0.971 bits per heavy atom. The molecule has 3 aromatic carbocycles. The zero-order valence-electron chi connectivity index (χ0n) is 18.7. The normalized spacial score (nSPS) is 15.1. The van der Waals surface area contributed by atoms with Crippen LogP contribution in [0.25, 0.3) is 6.08 Å². The number of carbonyl (C=O) groups is 2. The second kappa shape index (κ2) is 10.2. The fourth-order valence-electron chi connectivity index (χ4n) is 3.27. The molecular formula is C25H20ClNO6S2. The second-order valence-corrected chi connectivity index (χ2v) is 10.6. The van der Waals surface area contributed by atoms with E-state index < -0.39 is 16.0 Å². The van der Waals surface area contributed by atoms with Crippen LogP contribution in [0.1, 0.15) is 16.7 Å². The molecular weight excluding hydrogens is 510 g/mol. The number of nitrogens with zero attached hydrogens (tertiary/aromatic N) is 1. The lowest BCUT2D eigenvalue weighted by Crippen LogP contribution is -2.27. The summed E-state index contributed by atoms with van der Waals surface area (Å²) < 4.78 is 35.9. The molecule has 0 unspecified atom stereocenters. The van der Waals surface area contributed by atoms with Gasteiger partial charge >= 0.3 is 10.1 Å². The summed E-state index contributed by atoms with van der Waals surface area (Å²) in [5.74, 6) is -0.257. The number of imide groups is 1. The minimum Gasteiger partial charge on any atom is -0.493 e. The molecule has 0 atom stereocenters. The maximum Gasteiger partial charge on any atom is 0.339 e. The third-order valence-electron chi connectivity index (χ3n) is 5.12. The van der Waals surface area contributed by atoms with Gasteiger partial charge in [0.25, 0.3) is 11.1 Å². The summed E-state index contributed by atoms with van der Waals surface area (Å²) in [7, 11) is -2.69. The molecule has 0 saturated carbocycles. The van der Waals surface area contributed by atoms with E-state index in [1.54, 1.807) is 48.5 Å². The van der Waals surface area contributed by atoms with Crippen molar-refractivity contribution in [3.63, 3.8) is 0 Å². The highest BCUT2D eigenvalue weighted by Gasteiger charge is 2.35. The molecule has 0 aliphatic carbocycles. The number of rotatable bonds is 7. The van der Waals surface area contributed by atoms with Crippen molar-refractivity contribution in [3.05, 3.63) is 93.3 Å². The van der Waals surface area contributed by atoms with Gasteiger partial charge in [-0.1, -0.05) is 47.5 Å². The smallest absolute Gasteiger partial charge is 0.339 e. The van der Waals surface area contributed by atoms with E-state index >= 15 is 0 Å². The average Bonchev–Trinajstić information content (AvgIpc) is 3.08. The Morgan fingerprint density at radius 2 is 1.66 bits per heavy atom. The molecule has 180 valence electrons. The molecule has 1 fully saturated rings. The standard InChI is InChI=1S/C25H20ClNO6S2/c1-16-3-10-20(11-4-16)35(30,31)33-21-12-7-18(13-22(21)32-2)14-23-24(28)27(25(29)34-23)15-17-5-8-19(26)9-6-17/h3-14H,15H2,1-2H3/b23-14-. The highest BCUT2D eigenvalue weighted by Crippen LogP contribution is 2.36. The fourth-order valence-corrected chi connectivity index (χ4v) is 5.18. The van der Waals surface area contributed by atoms with Crippen LogP contribution < -0.4 is 8.92 Å². The largest absolute Gasteiger partial charge is 0.493 e. The first kappa shape index (κ1) is 24.8. The van der Waals surface area contributed by atoms with Crippen molar-refractivity contribution >= 4 is 50.7 Å². The predicted octanol–water partition coefficient (Wildman–Crippen LogP) is 5.66. The van der Waals surface area contributed by atoms with Crippen molar-refractivity contribution in [1.82, 2.24) is 4.90 Å². The molecule has 1 saturated heterocycles. The zero-order valence-corrected chi connectivity index (χ0v) is 21.1. The molecule has 2 amide bonds. The van der Waals surface area contributed by atoms with Gasteiger partial charge in [-0.3, -0.25) is 14.5 Å². The predicted molar refractivity (Wildman–Crippen MR) is 135 cm³/mol. The van der Waals surface area contributed by atoms with Crippen LogP contribution in [-0.4, -0.2) is 31.6 Å². The van der Waals surface area contributed by atoms with Gasteiger partial charge in [0.05, 0.1) is 18.6 Å². The Bertz CT molecular complexity index is 1420. The van der Waals surface area contributed by atoms with E-state index in [0.29, 0.717) is 10.6 Å². The molecule has 0 radical (unpaired) electrons. The monoisotopic (exact) mass is 529 g/mol. The molecule has 10 heteroatoms. The van der Waals surface area contributed by atoms with Crippen LogP contribution in [0.4, 0.5) is 4.79 Å². The highest BCUT2D eigenvalue weighted by atomic mass is 35.5. The summed E-state index contributed by atoms with van der Waals surface area (Å²) in [6, 6.07) is 17.7. The van der Waals surface area contributed by atoms with Crippen molar-refractivity contribution < 1.29 is 26.9 Å². The van der Waals surface area contributed by atoms with Crippen LogP contribution in [-0.2, 0) is 21.5 Å². The van der Waals surface area contributed by atoms with E-state index in [-0.39, 0.29) is 33.1 Å². The van der Waals surface area contributed by atoms with Crippen LogP contribution in [0.5, 0.6) is 11.5 Å². The van der Waals surface area contributed by atoms with Crippen molar-refractivity contribution in [2.24, 2.45) is 0 Å². The van der Waals surface area contributed by atoms with Gasteiger partial charge in [0.2, 0.25) is 0 Å². The van der Waals surface area contributed by atoms with E-state index in [1.807, 2.05) is 6.92 Å². The van der Waals surface area contributed by atoms with Gasteiger partial charge in [-0.15, -0.1) is 0 Å². The number of methoxy groups -OCH3 is 1. The lowest BCUT2D eigenvalue weighted by Gasteiger charge is -2.12. The second-order valence-electron chi connectivity index (χ2n) is 7.66. The number of aryl methyl sites for hydroxylation is 1. The van der Waals surface area contributed by atoms with Crippen molar-refractivity contribution in [2.45, 2.75) is 18.4 Å². The summed E-state index contributed by atoms with van der Waals surface area (Å²) in [6.45, 7) is 1.98. The molecule has 1 aliphatic heterocycles. The van der Waals surface area contributed by atoms with E-state index in [4.69, 9.17) is 20.5 Å². The number of carbonyl (C=O) groups excluding carboxylic acids is 2. The first-order chi connectivity index (χ1) is 16.7. The first-order valence-corrected chi connectivity index (χ1v) is 13.0. The number of ether oxygens (including phenoxy) is 1. The Balaban J connectivity index is 1.54. The molecule has 35 heavy (non-hydrogen) atoms. The topological polar surface area (TPSA) is 90.0 Å². The van der Waals surface area contributed by atoms with Crippen molar-refractivity contribution in [3.8, 4) is 11.5 Å². The Hall–Kier alpha value is -3.27. The first-order valence-electron chi connectivity index (χ1n) is 10.4. The van der Waals surface area contributed by atoms with Crippen molar-refractivity contribution in [1.29, 1.82) is 0 Å². The fraction of sp³-hybridized carbons (Fsp3) is 0.120. The molecule has 0 spiro atoms. The maximum absolute atomic E-state index is 12.8. The van der Waals surface area contributed by atoms with Gasteiger partial charge < -0.3 is 8.92 Å². The van der Waals surface area contributed by atoms with E-state index in [1.165, 1.54) is 31.4 Å². The Morgan fingerprint density at radius 3 is 2.31 bits per heavy atom. The van der Waals surface area contributed by atoms with Gasteiger partial charge in [-0.05, 0) is 72.3 Å². The molecule has 0 bridgehead atoms. The summed E-state index contributed by atoms with van der Waals surface area (Å²) in [5.41, 5.74) is 2.23. The van der Waals surface area contributed by atoms with Crippen molar-refractivity contribution in [2.75, 3.05) is 7.11 Å². The average molecular weight is 530 g/mol. The van der Waals surface area contributed by atoms with Gasteiger partial charge in [-0.25, -0.2) is 0 Å². The molecule has 3 aromatic rings. The van der Waals surface area contributed by atoms with E-state index in [9.17, 15) is 18.0 Å². The third kappa shape index (κ3) is 5.70. The van der Waals surface area contributed by atoms with Gasteiger partial charge in [-0.2, -0.15) is 8.42 Å². The number of halogens is 1. The summed E-state index contributed by atoms with van der Waals surface area (Å²) >= 11 is 6.72. The summed E-state index contributed by atoms with van der Waals surface area (Å²) in [4.78, 5) is 26.7. The van der Waals surface area contributed by atoms with Gasteiger partial charge in [0, 0.05) is 5.02 Å². The number of hydrogen-bond donors (Lipinski definition) is 0. The lowest BCUT2D eigenvalue weighted by molar-refractivity contribution is -0.123. The summed E-state index contributed by atoms with van der Waals surface area (Å²) in [6.07, 6.45) is 1.55. The molecule has 4 rings (SSSR count). The molecule has 1 heterocycles. The Labute approximate surface area is 212 Å². The van der Waals surface area contributed by atoms with Crippen LogP contribution in [0.3, 0.4) is 0 Å². The van der Waals surface area contributed by atoms with Crippen LogP contribution >= 0.6 is 23.4 Å². The zero-order chi connectivity index (χ0) is 25.2. The van der Waals surface area contributed by atoms with Crippen LogP contribution in [0.2, 0.25) is 5.02 Å². The maximum atomic E-state index is 12.8. The molecule has 0 N–H and O–H groups in total. The highest BCUT2D eigenvalue weighted by molar-refractivity contribution is 8.18. The van der Waals surface area contributed by atoms with Crippen LogP contribution in [0.15, 0.2) is 76.5 Å². The Kier molecular flexibility index (Phi) is 7.20. The van der Waals surface area contributed by atoms with Gasteiger partial charge in [0.1, 0.15) is 4.90 Å². The number of hydrogen-bond acceptors (Lipinski definition) is 7. The number of amides is 2.